The number of phenols is 1. The van der Waals surface area contributed by atoms with Crippen LogP contribution in [0.25, 0.3) is 22.4 Å². The molecule has 4 nitrogen and oxygen atoms in total. The van der Waals surface area contributed by atoms with Crippen LogP contribution >= 0.6 is 11.6 Å². The third-order valence-corrected chi connectivity index (χ3v) is 4.98. The predicted molar refractivity (Wildman–Crippen MR) is 112 cm³/mol. The molecular weight excluding hydrogens is 448 g/mol. The summed E-state index contributed by atoms with van der Waals surface area (Å²) in [6, 6.07) is 15.8. The first-order chi connectivity index (χ1) is 15.2. The molecular formula is C23H15ClF4N2O2. The topological polar surface area (TPSA) is 58.1 Å². The van der Waals surface area contributed by atoms with Crippen LogP contribution in [0.4, 0.5) is 17.6 Å². The molecule has 4 aromatic rings. The van der Waals surface area contributed by atoms with Gasteiger partial charge in [-0.1, -0.05) is 35.9 Å². The van der Waals surface area contributed by atoms with Gasteiger partial charge in [-0.2, -0.15) is 18.3 Å². The van der Waals surface area contributed by atoms with Crippen LogP contribution < -0.4 is 4.74 Å². The highest BCUT2D eigenvalue weighted by molar-refractivity contribution is 6.30. The van der Waals surface area contributed by atoms with E-state index in [9.17, 15) is 22.7 Å². The first kappa shape index (κ1) is 21.7. The minimum Gasteiger partial charge on any atom is -0.507 e. The quantitative estimate of drug-likeness (QED) is 0.319. The highest BCUT2D eigenvalue weighted by Crippen LogP contribution is 2.43. The van der Waals surface area contributed by atoms with E-state index in [1.165, 1.54) is 30.3 Å². The van der Waals surface area contributed by atoms with Gasteiger partial charge in [0.2, 0.25) is 0 Å². The van der Waals surface area contributed by atoms with Crippen molar-refractivity contribution in [1.29, 1.82) is 0 Å². The molecule has 0 saturated carbocycles. The fraction of sp³-hybridized carbons (Fsp3) is 0.0870. The van der Waals surface area contributed by atoms with Crippen molar-refractivity contribution in [3.05, 3.63) is 88.8 Å². The lowest BCUT2D eigenvalue weighted by Crippen LogP contribution is -2.07. The summed E-state index contributed by atoms with van der Waals surface area (Å²) in [5.41, 5.74) is -0.492. The monoisotopic (exact) mass is 462 g/mol. The number of hydrogen-bond donors (Lipinski definition) is 2. The van der Waals surface area contributed by atoms with E-state index in [1.54, 1.807) is 24.3 Å². The summed E-state index contributed by atoms with van der Waals surface area (Å²) >= 11 is 5.85. The first-order valence-corrected chi connectivity index (χ1v) is 9.72. The molecule has 0 aliphatic rings. The first-order valence-electron chi connectivity index (χ1n) is 9.34. The van der Waals surface area contributed by atoms with Gasteiger partial charge in [-0.05, 0) is 47.5 Å². The highest BCUT2D eigenvalue weighted by Gasteiger charge is 2.38. The number of halogens is 5. The Bertz CT molecular complexity index is 1240. The second-order valence-electron chi connectivity index (χ2n) is 6.92. The maximum absolute atomic E-state index is 13.6. The lowest BCUT2D eigenvalue weighted by molar-refractivity contribution is -0.140. The van der Waals surface area contributed by atoms with Crippen LogP contribution in [0.1, 0.15) is 11.3 Å². The molecule has 0 spiro atoms. The number of rotatable bonds is 5. The smallest absolute Gasteiger partial charge is 0.433 e. The van der Waals surface area contributed by atoms with Gasteiger partial charge < -0.3 is 9.84 Å². The number of hydrogen-bond acceptors (Lipinski definition) is 3. The maximum Gasteiger partial charge on any atom is 0.433 e. The molecule has 0 atom stereocenters. The van der Waals surface area contributed by atoms with Crippen LogP contribution in [0.2, 0.25) is 5.02 Å². The summed E-state index contributed by atoms with van der Waals surface area (Å²) in [5.74, 6) is -0.587. The average Bonchev–Trinajstić information content (AvgIpc) is 3.19. The van der Waals surface area contributed by atoms with Crippen molar-refractivity contribution in [3.8, 4) is 33.9 Å². The summed E-state index contributed by atoms with van der Waals surface area (Å²) in [7, 11) is 0. The number of nitrogens with one attached hydrogen (secondary N) is 1. The van der Waals surface area contributed by atoms with Gasteiger partial charge in [0.25, 0.3) is 0 Å². The van der Waals surface area contributed by atoms with E-state index < -0.39 is 17.7 Å². The second-order valence-corrected chi connectivity index (χ2v) is 7.36. The van der Waals surface area contributed by atoms with E-state index in [2.05, 4.69) is 5.10 Å². The Labute approximate surface area is 185 Å². The molecule has 32 heavy (non-hydrogen) atoms. The fourth-order valence-electron chi connectivity index (χ4n) is 3.19. The van der Waals surface area contributed by atoms with Gasteiger partial charge >= 0.3 is 6.18 Å². The maximum atomic E-state index is 13.6. The highest BCUT2D eigenvalue weighted by atomic mass is 35.5. The minimum absolute atomic E-state index is 0.0647. The Hall–Kier alpha value is -3.52. The number of alkyl halides is 3. The third-order valence-electron chi connectivity index (χ3n) is 4.73. The molecule has 2 N–H and O–H groups in total. The number of aromatic amines is 1. The fourth-order valence-corrected chi connectivity index (χ4v) is 3.31. The van der Waals surface area contributed by atoms with Crippen LogP contribution in [0.3, 0.4) is 0 Å². The Kier molecular flexibility index (Phi) is 5.80. The van der Waals surface area contributed by atoms with E-state index in [4.69, 9.17) is 16.3 Å². The van der Waals surface area contributed by atoms with Gasteiger partial charge in [0, 0.05) is 22.2 Å². The molecule has 0 bridgehead atoms. The van der Waals surface area contributed by atoms with Crippen molar-refractivity contribution >= 4 is 11.6 Å². The third kappa shape index (κ3) is 4.55. The Morgan fingerprint density at radius 3 is 2.28 bits per heavy atom. The van der Waals surface area contributed by atoms with E-state index in [0.29, 0.717) is 10.8 Å². The standard InChI is InChI=1S/C23H15ClF4N2O2/c24-15-5-1-13(2-6-15)12-32-17-9-10-18(19(31)11-17)21-20(14-3-7-16(25)8-4-14)22(30-29-21)23(26,27)28/h1-11,31H,12H2,(H,29,30). The summed E-state index contributed by atoms with van der Waals surface area (Å²) in [6.45, 7) is 0.206. The largest absolute Gasteiger partial charge is 0.507 e. The zero-order chi connectivity index (χ0) is 22.9. The molecule has 3 aromatic carbocycles. The summed E-state index contributed by atoms with van der Waals surface area (Å²) in [4.78, 5) is 0. The van der Waals surface area contributed by atoms with E-state index >= 15 is 0 Å². The van der Waals surface area contributed by atoms with Gasteiger partial charge in [-0.3, -0.25) is 5.10 Å². The number of ether oxygens (including phenoxy) is 1. The van der Waals surface area contributed by atoms with E-state index in [-0.39, 0.29) is 34.7 Å². The molecule has 0 amide bonds. The minimum atomic E-state index is -4.73. The Balaban J connectivity index is 1.68. The van der Waals surface area contributed by atoms with Crippen molar-refractivity contribution in [3.63, 3.8) is 0 Å². The number of benzene rings is 3. The van der Waals surface area contributed by atoms with E-state index in [0.717, 1.165) is 17.7 Å². The van der Waals surface area contributed by atoms with Crippen molar-refractivity contribution in [2.24, 2.45) is 0 Å². The van der Waals surface area contributed by atoms with Crippen LogP contribution in [0.15, 0.2) is 66.7 Å². The molecule has 1 heterocycles. The lowest BCUT2D eigenvalue weighted by atomic mass is 9.98. The number of phenolic OH excluding ortho intramolecular Hbond substituents is 1. The number of aromatic nitrogens is 2. The molecule has 0 aliphatic heterocycles. The number of H-pyrrole nitrogens is 1. The van der Waals surface area contributed by atoms with Crippen LogP contribution in [0.5, 0.6) is 11.5 Å². The van der Waals surface area contributed by atoms with Gasteiger partial charge in [0.1, 0.15) is 35.3 Å². The summed E-state index contributed by atoms with van der Waals surface area (Å²) in [6.07, 6.45) is -4.73. The Morgan fingerprint density at radius 1 is 0.969 bits per heavy atom. The molecule has 0 aliphatic carbocycles. The molecule has 4 rings (SSSR count). The second kappa shape index (κ2) is 8.55. The van der Waals surface area contributed by atoms with Gasteiger partial charge in [-0.15, -0.1) is 0 Å². The molecule has 0 radical (unpaired) electrons. The van der Waals surface area contributed by atoms with Crippen molar-refractivity contribution < 1.29 is 27.4 Å². The summed E-state index contributed by atoms with van der Waals surface area (Å²) in [5, 5.41) is 16.9. The van der Waals surface area contributed by atoms with Crippen LogP contribution in [0, 0.1) is 5.82 Å². The zero-order valence-corrected chi connectivity index (χ0v) is 17.0. The number of nitrogens with zero attached hydrogens (tertiary/aromatic N) is 1. The van der Waals surface area contributed by atoms with Gasteiger partial charge in [0.15, 0.2) is 0 Å². The van der Waals surface area contributed by atoms with Crippen LogP contribution in [-0.4, -0.2) is 15.3 Å². The van der Waals surface area contributed by atoms with Crippen molar-refractivity contribution in [2.45, 2.75) is 12.8 Å². The zero-order valence-electron chi connectivity index (χ0n) is 16.3. The van der Waals surface area contributed by atoms with Crippen LogP contribution in [-0.2, 0) is 12.8 Å². The Morgan fingerprint density at radius 2 is 1.66 bits per heavy atom. The SMILES string of the molecule is Oc1cc(OCc2ccc(Cl)cc2)ccc1-c1n[nH]c(C(F)(F)F)c1-c1ccc(F)cc1. The predicted octanol–water partition coefficient (Wildman–Crippen LogP) is 6.84. The van der Waals surface area contributed by atoms with Crippen molar-refractivity contribution in [2.75, 3.05) is 0 Å². The molecule has 0 unspecified atom stereocenters. The molecule has 164 valence electrons. The molecule has 9 heteroatoms. The lowest BCUT2D eigenvalue weighted by Gasteiger charge is -2.11. The molecule has 0 saturated heterocycles. The molecule has 0 fully saturated rings. The van der Waals surface area contributed by atoms with E-state index in [1.807, 2.05) is 5.10 Å². The molecule has 1 aromatic heterocycles. The van der Waals surface area contributed by atoms with Gasteiger partial charge in [0.05, 0.1) is 0 Å². The van der Waals surface area contributed by atoms with Crippen molar-refractivity contribution in [1.82, 2.24) is 10.2 Å². The summed E-state index contributed by atoms with van der Waals surface area (Å²) < 4.78 is 59.6. The number of aromatic hydroxyl groups is 1. The normalized spacial score (nSPS) is 11.5. The average molecular weight is 463 g/mol. The van der Waals surface area contributed by atoms with Gasteiger partial charge in [-0.25, -0.2) is 4.39 Å².